The highest BCUT2D eigenvalue weighted by Crippen LogP contribution is 2.37. The Bertz CT molecular complexity index is 791. The summed E-state index contributed by atoms with van der Waals surface area (Å²) in [5, 5.41) is 3.51. The number of thiophene rings is 1. The second-order valence-electron chi connectivity index (χ2n) is 6.86. The van der Waals surface area contributed by atoms with E-state index in [0.29, 0.717) is 22.0 Å². The molecule has 132 valence electrons. The van der Waals surface area contributed by atoms with Gasteiger partial charge in [-0.2, -0.15) is 0 Å². The highest BCUT2D eigenvalue weighted by Gasteiger charge is 2.24. The molecule has 0 spiro atoms. The molecule has 0 saturated heterocycles. The lowest BCUT2D eigenvalue weighted by Crippen LogP contribution is -2.18. The summed E-state index contributed by atoms with van der Waals surface area (Å²) in [5.41, 5.74) is 8.95. The van der Waals surface area contributed by atoms with E-state index in [9.17, 15) is 9.59 Å². The molecule has 3 rings (SSSR count). The largest absolute Gasteiger partial charge is 0.365 e. The van der Waals surface area contributed by atoms with E-state index in [1.165, 1.54) is 28.2 Å². The normalized spacial score (nSPS) is 14.0. The number of amides is 2. The zero-order valence-electron chi connectivity index (χ0n) is 14.7. The number of fused-ring (bicyclic) bond motifs is 1. The van der Waals surface area contributed by atoms with E-state index in [0.717, 1.165) is 31.2 Å². The second-order valence-corrected chi connectivity index (χ2v) is 7.97. The van der Waals surface area contributed by atoms with Crippen molar-refractivity contribution >= 4 is 28.2 Å². The number of nitrogens with two attached hydrogens (primary N) is 1. The average molecular weight is 356 g/mol. The molecule has 0 unspecified atom stereocenters. The van der Waals surface area contributed by atoms with Crippen LogP contribution in [0, 0.1) is 0 Å². The van der Waals surface area contributed by atoms with Crippen molar-refractivity contribution < 1.29 is 9.59 Å². The van der Waals surface area contributed by atoms with Gasteiger partial charge >= 0.3 is 0 Å². The summed E-state index contributed by atoms with van der Waals surface area (Å²) in [7, 11) is 0. The van der Waals surface area contributed by atoms with Gasteiger partial charge in [-0.25, -0.2) is 0 Å². The predicted molar refractivity (Wildman–Crippen MR) is 103 cm³/mol. The molecule has 0 radical (unpaired) electrons. The maximum Gasteiger partial charge on any atom is 0.256 e. The van der Waals surface area contributed by atoms with Gasteiger partial charge in [0.05, 0.1) is 5.56 Å². The number of primary amides is 1. The number of carbonyl (C=O) groups is 2. The van der Waals surface area contributed by atoms with E-state index < -0.39 is 5.91 Å². The van der Waals surface area contributed by atoms with Gasteiger partial charge in [0.1, 0.15) is 5.00 Å². The molecule has 0 fully saturated rings. The van der Waals surface area contributed by atoms with Gasteiger partial charge in [0.15, 0.2) is 0 Å². The number of anilines is 1. The van der Waals surface area contributed by atoms with E-state index in [-0.39, 0.29) is 5.91 Å². The highest BCUT2D eigenvalue weighted by atomic mass is 32.1. The van der Waals surface area contributed by atoms with Crippen LogP contribution in [-0.2, 0) is 12.8 Å². The van der Waals surface area contributed by atoms with E-state index in [1.54, 1.807) is 0 Å². The first kappa shape index (κ1) is 17.7. The fraction of sp³-hybridized carbons (Fsp3) is 0.400. The molecule has 1 aliphatic rings. The van der Waals surface area contributed by atoms with Crippen LogP contribution in [0.25, 0.3) is 0 Å². The average Bonchev–Trinajstić information content (AvgIpc) is 2.76. The van der Waals surface area contributed by atoms with E-state index in [1.807, 2.05) is 24.3 Å². The van der Waals surface area contributed by atoms with Crippen molar-refractivity contribution in [1.29, 1.82) is 0 Å². The predicted octanol–water partition coefficient (Wildman–Crippen LogP) is 4.49. The molecular weight excluding hydrogens is 332 g/mol. The number of carbonyl (C=O) groups excluding carboxylic acids is 2. The summed E-state index contributed by atoms with van der Waals surface area (Å²) < 4.78 is 0. The Hall–Kier alpha value is -2.14. The van der Waals surface area contributed by atoms with Crippen LogP contribution in [0.15, 0.2) is 24.3 Å². The maximum absolute atomic E-state index is 12.6. The minimum atomic E-state index is -0.454. The zero-order chi connectivity index (χ0) is 18.0. The molecule has 2 aromatic rings. The topological polar surface area (TPSA) is 72.2 Å². The third kappa shape index (κ3) is 3.76. The molecule has 3 N–H and O–H groups in total. The number of hydrogen-bond donors (Lipinski definition) is 2. The molecule has 4 nitrogen and oxygen atoms in total. The number of nitrogens with one attached hydrogen (secondary N) is 1. The van der Waals surface area contributed by atoms with Crippen molar-refractivity contribution in [3.8, 4) is 0 Å². The summed E-state index contributed by atoms with van der Waals surface area (Å²) in [6.07, 6.45) is 5.18. The maximum atomic E-state index is 12.6. The third-order valence-electron chi connectivity index (χ3n) is 4.73. The fourth-order valence-electron chi connectivity index (χ4n) is 3.29. The summed E-state index contributed by atoms with van der Waals surface area (Å²) in [4.78, 5) is 25.8. The van der Waals surface area contributed by atoms with Gasteiger partial charge in [0.25, 0.3) is 11.8 Å². The Morgan fingerprint density at radius 1 is 1.08 bits per heavy atom. The molecule has 1 aromatic heterocycles. The van der Waals surface area contributed by atoms with Crippen molar-refractivity contribution in [3.05, 3.63) is 51.4 Å². The number of rotatable bonds is 4. The Labute approximate surface area is 152 Å². The van der Waals surface area contributed by atoms with Gasteiger partial charge in [-0.1, -0.05) is 32.4 Å². The van der Waals surface area contributed by atoms with Crippen molar-refractivity contribution in [3.63, 3.8) is 0 Å². The Balaban J connectivity index is 1.87. The van der Waals surface area contributed by atoms with Crippen LogP contribution < -0.4 is 11.1 Å². The van der Waals surface area contributed by atoms with Gasteiger partial charge < -0.3 is 11.1 Å². The summed E-state index contributed by atoms with van der Waals surface area (Å²) in [5.74, 6) is -0.231. The first-order valence-corrected chi connectivity index (χ1v) is 9.64. The van der Waals surface area contributed by atoms with E-state index in [4.69, 9.17) is 5.73 Å². The molecule has 1 heterocycles. The van der Waals surface area contributed by atoms with Gasteiger partial charge in [0.2, 0.25) is 0 Å². The van der Waals surface area contributed by atoms with Crippen molar-refractivity contribution in [2.45, 2.75) is 51.9 Å². The van der Waals surface area contributed by atoms with Gasteiger partial charge in [-0.05, 0) is 54.9 Å². The minimum absolute atomic E-state index is 0.200. The molecule has 2 amide bonds. The van der Waals surface area contributed by atoms with Crippen LogP contribution in [0.3, 0.4) is 0 Å². The first-order valence-electron chi connectivity index (χ1n) is 8.83. The van der Waals surface area contributed by atoms with Crippen LogP contribution in [-0.4, -0.2) is 11.8 Å². The molecule has 0 atom stereocenters. The third-order valence-corrected chi connectivity index (χ3v) is 5.94. The smallest absolute Gasteiger partial charge is 0.256 e. The van der Waals surface area contributed by atoms with E-state index >= 15 is 0 Å². The molecule has 1 aliphatic carbocycles. The second kappa shape index (κ2) is 7.40. The number of benzene rings is 1. The fourth-order valence-corrected chi connectivity index (χ4v) is 4.58. The SMILES string of the molecule is CC(C)c1ccc(C(=O)Nc2sc3c(c2C(N)=O)CCCCC3)cc1. The Kier molecular flexibility index (Phi) is 5.23. The van der Waals surface area contributed by atoms with Crippen LogP contribution in [0.4, 0.5) is 5.00 Å². The number of aryl methyl sites for hydroxylation is 1. The van der Waals surface area contributed by atoms with Gasteiger partial charge in [0, 0.05) is 10.4 Å². The summed E-state index contributed by atoms with van der Waals surface area (Å²) >= 11 is 1.50. The standard InChI is InChI=1S/C20H24N2O2S/c1-12(2)13-8-10-14(11-9-13)19(24)22-20-17(18(21)23)15-6-4-3-5-7-16(15)25-20/h8-12H,3-7H2,1-2H3,(H2,21,23)(H,22,24). The van der Waals surface area contributed by atoms with Crippen LogP contribution in [0.2, 0.25) is 0 Å². The van der Waals surface area contributed by atoms with Gasteiger partial charge in [-0.3, -0.25) is 9.59 Å². The zero-order valence-corrected chi connectivity index (χ0v) is 15.5. The van der Waals surface area contributed by atoms with Crippen molar-refractivity contribution in [2.75, 3.05) is 5.32 Å². The molecule has 0 bridgehead atoms. The quantitative estimate of drug-likeness (QED) is 0.792. The molecule has 5 heteroatoms. The highest BCUT2D eigenvalue weighted by molar-refractivity contribution is 7.17. The van der Waals surface area contributed by atoms with Crippen LogP contribution >= 0.6 is 11.3 Å². The lowest BCUT2D eigenvalue weighted by atomic mass is 10.0. The molecular formula is C20H24N2O2S. The summed E-state index contributed by atoms with van der Waals surface area (Å²) in [6.45, 7) is 4.24. The molecule has 1 aromatic carbocycles. The Morgan fingerprint density at radius 2 is 1.76 bits per heavy atom. The lowest BCUT2D eigenvalue weighted by Gasteiger charge is -2.08. The Morgan fingerprint density at radius 3 is 2.40 bits per heavy atom. The molecule has 0 aliphatic heterocycles. The molecule has 0 saturated carbocycles. The van der Waals surface area contributed by atoms with Crippen molar-refractivity contribution in [1.82, 2.24) is 0 Å². The van der Waals surface area contributed by atoms with Crippen LogP contribution in [0.5, 0.6) is 0 Å². The lowest BCUT2D eigenvalue weighted by molar-refractivity contribution is 0.100. The van der Waals surface area contributed by atoms with Crippen LogP contribution in [0.1, 0.15) is 75.7 Å². The van der Waals surface area contributed by atoms with E-state index in [2.05, 4.69) is 19.2 Å². The monoisotopic (exact) mass is 356 g/mol. The minimum Gasteiger partial charge on any atom is -0.365 e. The van der Waals surface area contributed by atoms with Gasteiger partial charge in [-0.15, -0.1) is 11.3 Å². The summed E-state index contributed by atoms with van der Waals surface area (Å²) in [6, 6.07) is 7.59. The molecule has 25 heavy (non-hydrogen) atoms. The van der Waals surface area contributed by atoms with Crippen molar-refractivity contribution in [2.24, 2.45) is 5.73 Å². The first-order chi connectivity index (χ1) is 12.0. The number of hydrogen-bond acceptors (Lipinski definition) is 3.